The Labute approximate surface area is 83.3 Å². The molecular formula is C11H15FN2. The van der Waals surface area contributed by atoms with Crippen LogP contribution in [-0.4, -0.2) is 6.04 Å². The molecule has 0 amide bonds. The van der Waals surface area contributed by atoms with Crippen LogP contribution in [0.1, 0.15) is 19.8 Å². The van der Waals surface area contributed by atoms with Gasteiger partial charge >= 0.3 is 0 Å². The molecule has 0 radical (unpaired) electrons. The quantitative estimate of drug-likeness (QED) is 0.710. The van der Waals surface area contributed by atoms with Crippen molar-refractivity contribution in [3.63, 3.8) is 0 Å². The topological polar surface area (TPSA) is 38.0 Å². The fraction of sp³-hybridized carbons (Fsp3) is 0.455. The third-order valence-electron chi connectivity index (χ3n) is 3.00. The van der Waals surface area contributed by atoms with Gasteiger partial charge in [0.15, 0.2) is 0 Å². The third-order valence-corrected chi connectivity index (χ3v) is 3.00. The number of hydrogen-bond acceptors (Lipinski definition) is 2. The lowest BCUT2D eigenvalue weighted by molar-refractivity contribution is 0.303. The zero-order chi connectivity index (χ0) is 10.1. The molecule has 3 heteroatoms. The van der Waals surface area contributed by atoms with Gasteiger partial charge in [0, 0.05) is 6.04 Å². The van der Waals surface area contributed by atoms with Gasteiger partial charge in [-0.1, -0.05) is 13.0 Å². The zero-order valence-electron chi connectivity index (χ0n) is 8.26. The molecule has 1 aliphatic carbocycles. The summed E-state index contributed by atoms with van der Waals surface area (Å²) in [6.45, 7) is 2.16. The minimum atomic E-state index is -0.260. The molecular weight excluding hydrogens is 179 g/mol. The summed E-state index contributed by atoms with van der Waals surface area (Å²) in [4.78, 5) is 0. The average molecular weight is 194 g/mol. The van der Waals surface area contributed by atoms with E-state index in [1.54, 1.807) is 12.1 Å². The van der Waals surface area contributed by atoms with Crippen LogP contribution in [0.15, 0.2) is 18.2 Å². The van der Waals surface area contributed by atoms with Crippen molar-refractivity contribution in [2.75, 3.05) is 11.1 Å². The normalized spacial score (nSPS) is 25.6. The molecule has 2 nitrogen and oxygen atoms in total. The van der Waals surface area contributed by atoms with Crippen LogP contribution >= 0.6 is 0 Å². The van der Waals surface area contributed by atoms with Crippen LogP contribution < -0.4 is 11.1 Å². The van der Waals surface area contributed by atoms with Crippen LogP contribution in [-0.2, 0) is 0 Å². The molecule has 0 spiro atoms. The fourth-order valence-electron chi connectivity index (χ4n) is 1.76. The molecule has 1 aromatic rings. The van der Waals surface area contributed by atoms with E-state index in [0.29, 0.717) is 23.3 Å². The molecule has 3 N–H and O–H groups in total. The van der Waals surface area contributed by atoms with Crippen LogP contribution in [0.3, 0.4) is 0 Å². The van der Waals surface area contributed by atoms with E-state index < -0.39 is 0 Å². The van der Waals surface area contributed by atoms with E-state index in [0.717, 1.165) is 6.42 Å². The highest BCUT2D eigenvalue weighted by atomic mass is 19.1. The molecule has 0 heterocycles. The van der Waals surface area contributed by atoms with Gasteiger partial charge in [-0.25, -0.2) is 4.39 Å². The first-order valence-electron chi connectivity index (χ1n) is 4.99. The van der Waals surface area contributed by atoms with Gasteiger partial charge in [-0.3, -0.25) is 0 Å². The van der Waals surface area contributed by atoms with Crippen LogP contribution in [0, 0.1) is 11.7 Å². The summed E-state index contributed by atoms with van der Waals surface area (Å²) >= 11 is 0. The van der Waals surface area contributed by atoms with Crippen molar-refractivity contribution in [1.29, 1.82) is 0 Å². The van der Waals surface area contributed by atoms with Crippen LogP contribution in [0.2, 0.25) is 0 Å². The molecule has 2 atom stereocenters. The molecule has 1 aromatic carbocycles. The van der Waals surface area contributed by atoms with Gasteiger partial charge in [-0.2, -0.15) is 0 Å². The Morgan fingerprint density at radius 2 is 2.21 bits per heavy atom. The summed E-state index contributed by atoms with van der Waals surface area (Å²) in [7, 11) is 0. The van der Waals surface area contributed by atoms with E-state index in [-0.39, 0.29) is 5.82 Å². The maximum absolute atomic E-state index is 13.4. The number of benzene rings is 1. The number of nitrogen functional groups attached to an aromatic ring is 1. The summed E-state index contributed by atoms with van der Waals surface area (Å²) in [5, 5.41) is 3.16. The van der Waals surface area contributed by atoms with Crippen molar-refractivity contribution in [3.05, 3.63) is 24.0 Å². The monoisotopic (exact) mass is 194 g/mol. The number of hydrogen-bond donors (Lipinski definition) is 2. The highest BCUT2D eigenvalue weighted by Crippen LogP contribution is 2.32. The molecule has 2 unspecified atom stereocenters. The van der Waals surface area contributed by atoms with E-state index >= 15 is 0 Å². The second-order valence-corrected chi connectivity index (χ2v) is 4.01. The van der Waals surface area contributed by atoms with Crippen molar-refractivity contribution >= 4 is 11.4 Å². The van der Waals surface area contributed by atoms with E-state index in [1.807, 2.05) is 0 Å². The van der Waals surface area contributed by atoms with Crippen LogP contribution in [0.25, 0.3) is 0 Å². The maximum Gasteiger partial charge on any atom is 0.148 e. The smallest absolute Gasteiger partial charge is 0.148 e. The summed E-state index contributed by atoms with van der Waals surface area (Å²) in [5.74, 6) is 0.359. The summed E-state index contributed by atoms with van der Waals surface area (Å²) < 4.78 is 13.4. The third kappa shape index (κ3) is 1.54. The molecule has 0 saturated heterocycles. The van der Waals surface area contributed by atoms with E-state index in [9.17, 15) is 4.39 Å². The molecule has 1 saturated carbocycles. The summed E-state index contributed by atoms with van der Waals surface area (Å²) in [5.41, 5.74) is 6.64. The Morgan fingerprint density at radius 1 is 1.43 bits per heavy atom. The predicted molar refractivity (Wildman–Crippen MR) is 56.6 cm³/mol. The van der Waals surface area contributed by atoms with E-state index in [2.05, 4.69) is 12.2 Å². The van der Waals surface area contributed by atoms with Gasteiger partial charge in [0.25, 0.3) is 0 Å². The summed E-state index contributed by atoms with van der Waals surface area (Å²) in [6.07, 6.45) is 2.32. The van der Waals surface area contributed by atoms with Gasteiger partial charge in [-0.05, 0) is 30.9 Å². The maximum atomic E-state index is 13.4. The zero-order valence-corrected chi connectivity index (χ0v) is 8.26. The second kappa shape index (κ2) is 3.48. The second-order valence-electron chi connectivity index (χ2n) is 4.01. The van der Waals surface area contributed by atoms with E-state index in [4.69, 9.17) is 5.73 Å². The Kier molecular flexibility index (Phi) is 2.32. The lowest BCUT2D eigenvalue weighted by Crippen LogP contribution is -2.36. The predicted octanol–water partition coefficient (Wildman–Crippen LogP) is 2.62. The Hall–Kier alpha value is -1.25. The van der Waals surface area contributed by atoms with Gasteiger partial charge in [0.05, 0.1) is 11.4 Å². The van der Waals surface area contributed by atoms with Gasteiger partial charge < -0.3 is 11.1 Å². The minimum absolute atomic E-state index is 0.260. The first-order valence-corrected chi connectivity index (χ1v) is 4.99. The molecule has 14 heavy (non-hydrogen) atoms. The van der Waals surface area contributed by atoms with Crippen LogP contribution in [0.5, 0.6) is 0 Å². The standard InChI is InChI=1S/C11H15FN2/c1-7-5-6-10(7)14-11-8(12)3-2-4-9(11)13/h2-4,7,10,14H,5-6,13H2,1H3. The first-order chi connectivity index (χ1) is 6.68. The van der Waals surface area contributed by atoms with Crippen molar-refractivity contribution in [2.45, 2.75) is 25.8 Å². The number of halogens is 1. The van der Waals surface area contributed by atoms with Crippen molar-refractivity contribution in [1.82, 2.24) is 0 Å². The molecule has 76 valence electrons. The fourth-order valence-corrected chi connectivity index (χ4v) is 1.76. The molecule has 1 aliphatic rings. The van der Waals surface area contributed by atoms with Crippen LogP contribution in [0.4, 0.5) is 15.8 Å². The molecule has 0 aliphatic heterocycles. The largest absolute Gasteiger partial charge is 0.397 e. The van der Waals surface area contributed by atoms with Gasteiger partial charge in [0.2, 0.25) is 0 Å². The lowest BCUT2D eigenvalue weighted by Gasteiger charge is -2.35. The van der Waals surface area contributed by atoms with Gasteiger partial charge in [0.1, 0.15) is 5.82 Å². The highest BCUT2D eigenvalue weighted by Gasteiger charge is 2.27. The number of anilines is 2. The molecule has 2 rings (SSSR count). The number of nitrogens with two attached hydrogens (primary N) is 1. The minimum Gasteiger partial charge on any atom is -0.397 e. The van der Waals surface area contributed by atoms with Gasteiger partial charge in [-0.15, -0.1) is 0 Å². The van der Waals surface area contributed by atoms with Crippen molar-refractivity contribution in [3.8, 4) is 0 Å². The number of para-hydroxylation sites is 1. The number of rotatable bonds is 2. The molecule has 1 fully saturated rings. The lowest BCUT2D eigenvalue weighted by atomic mass is 9.81. The Morgan fingerprint density at radius 3 is 2.71 bits per heavy atom. The van der Waals surface area contributed by atoms with Crippen molar-refractivity contribution < 1.29 is 4.39 Å². The first kappa shape index (κ1) is 9.31. The Balaban J connectivity index is 2.15. The molecule has 0 bridgehead atoms. The summed E-state index contributed by atoms with van der Waals surface area (Å²) in [6, 6.07) is 5.16. The average Bonchev–Trinajstić information content (AvgIpc) is 2.15. The number of nitrogens with one attached hydrogen (secondary N) is 1. The molecule has 0 aromatic heterocycles. The SMILES string of the molecule is CC1CCC1Nc1c(N)cccc1F. The Bertz CT molecular complexity index is 318. The van der Waals surface area contributed by atoms with Crippen molar-refractivity contribution in [2.24, 2.45) is 5.92 Å². The highest BCUT2D eigenvalue weighted by molar-refractivity contribution is 5.67. The van der Waals surface area contributed by atoms with E-state index in [1.165, 1.54) is 12.5 Å².